The average molecular weight is 831 g/mol. The zero-order chi connectivity index (χ0) is 44.0. The van der Waals surface area contributed by atoms with Crippen molar-refractivity contribution in [3.8, 4) is 28.3 Å². The van der Waals surface area contributed by atoms with Crippen LogP contribution in [0.2, 0.25) is 5.02 Å². The van der Waals surface area contributed by atoms with E-state index >= 15 is 0 Å². The molecule has 0 fully saturated rings. The number of benzene rings is 2. The smallest absolute Gasteiger partial charge is 0.266 e. The Hall–Kier alpha value is -4.67. The van der Waals surface area contributed by atoms with Crippen LogP contribution in [0.4, 0.5) is 5.69 Å². The molecule has 1 aliphatic heterocycles. The molecular weight excluding hydrogens is 762 g/mol. The predicted octanol–water partition coefficient (Wildman–Crippen LogP) is 10.1. The van der Waals surface area contributed by atoms with Gasteiger partial charge in [0, 0.05) is 60.7 Å². The van der Waals surface area contributed by atoms with E-state index in [0.29, 0.717) is 29.0 Å². The van der Waals surface area contributed by atoms with Gasteiger partial charge in [0.05, 0.1) is 17.8 Å². The second-order valence-electron chi connectivity index (χ2n) is 15.8. The number of rotatable bonds is 15. The molecule has 3 aromatic rings. The average Bonchev–Trinajstić information content (AvgIpc) is 3.73. The lowest BCUT2D eigenvalue weighted by Gasteiger charge is -2.34. The molecule has 1 atom stereocenters. The van der Waals surface area contributed by atoms with Crippen LogP contribution >= 0.6 is 11.6 Å². The lowest BCUT2D eigenvalue weighted by atomic mass is 9.84. The number of halogens is 1. The highest BCUT2D eigenvalue weighted by atomic mass is 35.5. The van der Waals surface area contributed by atoms with E-state index in [4.69, 9.17) is 26.4 Å². The zero-order valence-corrected chi connectivity index (χ0v) is 38.1. The second kappa shape index (κ2) is 22.6. The highest BCUT2D eigenvalue weighted by molar-refractivity contribution is 6.36. The summed E-state index contributed by atoms with van der Waals surface area (Å²) in [4.78, 5) is 46.1. The van der Waals surface area contributed by atoms with E-state index in [0.717, 1.165) is 85.9 Å². The number of anilines is 1. The van der Waals surface area contributed by atoms with Crippen LogP contribution in [0.25, 0.3) is 22.4 Å². The van der Waals surface area contributed by atoms with Crippen LogP contribution in [0, 0.1) is 18.8 Å². The number of likely N-dealkylation sites (N-methyl/N-ethyl adjacent to an activating group) is 1. The Labute approximate surface area is 358 Å². The molecule has 11 heteroatoms. The molecule has 2 aromatic carbocycles. The number of hydrogen-bond acceptors (Lipinski definition) is 7. The maximum Gasteiger partial charge on any atom is 0.266 e. The van der Waals surface area contributed by atoms with E-state index in [1.807, 2.05) is 69.0 Å². The Bertz CT molecular complexity index is 1970. The van der Waals surface area contributed by atoms with Gasteiger partial charge in [0.25, 0.3) is 11.8 Å². The molecule has 1 aromatic heterocycles. The first kappa shape index (κ1) is 48.7. The summed E-state index contributed by atoms with van der Waals surface area (Å²) in [5.41, 5.74) is 7.24. The molecule has 0 saturated heterocycles. The van der Waals surface area contributed by atoms with Gasteiger partial charge < -0.3 is 25.4 Å². The largest absolute Gasteiger partial charge is 0.481 e. The summed E-state index contributed by atoms with van der Waals surface area (Å²) in [6.45, 7) is 21.4. The number of fused-ring (bicyclic) bond motifs is 1. The first-order chi connectivity index (χ1) is 28.1. The number of ether oxygens (including phenoxy) is 1. The van der Waals surface area contributed by atoms with Crippen molar-refractivity contribution in [2.24, 2.45) is 11.8 Å². The van der Waals surface area contributed by atoms with Crippen molar-refractivity contribution >= 4 is 35.0 Å². The van der Waals surface area contributed by atoms with Crippen LogP contribution < -0.4 is 15.4 Å². The number of nitrogens with one attached hydrogen (secondary N) is 2. The minimum absolute atomic E-state index is 0.0186. The van der Waals surface area contributed by atoms with Gasteiger partial charge in [0.15, 0.2) is 0 Å². The molecule has 0 spiro atoms. The van der Waals surface area contributed by atoms with Crippen molar-refractivity contribution in [1.82, 2.24) is 20.1 Å². The Balaban J connectivity index is 0.000000414. The highest BCUT2D eigenvalue weighted by Crippen LogP contribution is 2.41. The quantitative estimate of drug-likeness (QED) is 0.130. The summed E-state index contributed by atoms with van der Waals surface area (Å²) in [5.74, 6) is 1.37. The molecule has 0 bridgehead atoms. The number of pyridine rings is 1. The van der Waals surface area contributed by atoms with Gasteiger partial charge in [-0.3, -0.25) is 19.3 Å². The van der Waals surface area contributed by atoms with Crippen LogP contribution in [0.3, 0.4) is 0 Å². The SMILES string of the molecule is C=C1N(CCC)C=C(C(=O)Nc2cccc(-c3cccc(-c4cc5c(c(OC)n4)CCC5)c3Cl)c2C)C(=O)N1C.CCC(C)CCC(CC)(CC)NC(=O)C(C)C.CO. The second-order valence-corrected chi connectivity index (χ2v) is 16.2. The van der Waals surface area contributed by atoms with Gasteiger partial charge in [0.2, 0.25) is 11.8 Å². The molecule has 0 radical (unpaired) electrons. The van der Waals surface area contributed by atoms with E-state index in [1.165, 1.54) is 28.9 Å². The number of aliphatic hydroxyl groups excluding tert-OH is 1. The lowest BCUT2D eigenvalue weighted by Crippen LogP contribution is -2.49. The normalized spacial score (nSPS) is 14.1. The Morgan fingerprint density at radius 1 is 1.02 bits per heavy atom. The van der Waals surface area contributed by atoms with Gasteiger partial charge in [-0.25, -0.2) is 4.98 Å². The lowest BCUT2D eigenvalue weighted by molar-refractivity contribution is -0.129. The van der Waals surface area contributed by atoms with Crippen LogP contribution in [-0.2, 0) is 27.2 Å². The van der Waals surface area contributed by atoms with Gasteiger partial charge in [-0.1, -0.05) is 103 Å². The first-order valence-corrected chi connectivity index (χ1v) is 21.5. The maximum absolute atomic E-state index is 13.3. The van der Waals surface area contributed by atoms with Crippen molar-refractivity contribution in [3.05, 3.63) is 88.4 Å². The van der Waals surface area contributed by atoms with Crippen LogP contribution in [0.15, 0.2) is 66.6 Å². The van der Waals surface area contributed by atoms with E-state index in [1.54, 1.807) is 20.4 Å². The van der Waals surface area contributed by atoms with Crippen molar-refractivity contribution in [2.75, 3.05) is 33.1 Å². The molecular formula is C48H68ClN5O5. The Morgan fingerprint density at radius 2 is 1.66 bits per heavy atom. The summed E-state index contributed by atoms with van der Waals surface area (Å²) in [7, 11) is 4.28. The zero-order valence-electron chi connectivity index (χ0n) is 37.4. The molecule has 10 nitrogen and oxygen atoms in total. The first-order valence-electron chi connectivity index (χ1n) is 21.1. The number of methoxy groups -OCH3 is 1. The van der Waals surface area contributed by atoms with Gasteiger partial charge in [-0.05, 0) is 93.0 Å². The summed E-state index contributed by atoms with van der Waals surface area (Å²) < 4.78 is 5.60. The number of hydrogen-bond donors (Lipinski definition) is 3. The minimum Gasteiger partial charge on any atom is -0.481 e. The van der Waals surface area contributed by atoms with Crippen molar-refractivity contribution in [1.29, 1.82) is 0 Å². The van der Waals surface area contributed by atoms with E-state index in [2.05, 4.69) is 51.0 Å². The number of aliphatic hydroxyl groups is 1. The van der Waals surface area contributed by atoms with Crippen molar-refractivity contribution < 1.29 is 24.2 Å². The molecule has 3 amide bonds. The molecule has 59 heavy (non-hydrogen) atoms. The molecule has 0 saturated carbocycles. The van der Waals surface area contributed by atoms with Crippen molar-refractivity contribution in [3.63, 3.8) is 0 Å². The number of aryl methyl sites for hydroxylation is 1. The Morgan fingerprint density at radius 3 is 2.27 bits per heavy atom. The number of carbonyl (C=O) groups excluding carboxylic acids is 3. The third-order valence-corrected chi connectivity index (χ3v) is 12.1. The molecule has 5 rings (SSSR count). The molecule has 1 unspecified atom stereocenters. The maximum atomic E-state index is 13.3. The molecule has 322 valence electrons. The number of carbonyl (C=O) groups is 3. The predicted molar refractivity (Wildman–Crippen MR) is 242 cm³/mol. The van der Waals surface area contributed by atoms with Crippen molar-refractivity contribution in [2.45, 2.75) is 119 Å². The van der Waals surface area contributed by atoms with Crippen LogP contribution in [0.5, 0.6) is 5.88 Å². The summed E-state index contributed by atoms with van der Waals surface area (Å²) in [5, 5.41) is 13.8. The fourth-order valence-corrected chi connectivity index (χ4v) is 7.71. The van der Waals surface area contributed by atoms with Crippen LogP contribution in [-0.4, -0.2) is 71.0 Å². The monoisotopic (exact) mass is 829 g/mol. The summed E-state index contributed by atoms with van der Waals surface area (Å²) in [6.07, 6.45) is 11.1. The minimum atomic E-state index is -0.472. The molecule has 3 N–H and O–H groups in total. The molecule has 1 aliphatic carbocycles. The fourth-order valence-electron chi connectivity index (χ4n) is 7.38. The van der Waals surface area contributed by atoms with E-state index in [9.17, 15) is 14.4 Å². The molecule has 2 heterocycles. The summed E-state index contributed by atoms with van der Waals surface area (Å²) >= 11 is 7.03. The number of aromatic nitrogens is 1. The van der Waals surface area contributed by atoms with E-state index in [-0.39, 0.29) is 22.9 Å². The third kappa shape index (κ3) is 11.8. The standard InChI is InChI=1S/C32H33ClN4O3.C15H31NO.CH4O/c1-6-16-37-18-26(32(39)36(4)20(37)3)30(38)34-27-15-9-11-22(19(27)2)24-13-8-14-25(29(24)33)28-17-21-10-7-12-23(21)31(35-28)40-5;1-7-13(6)10-11-15(8-2,9-3)16-14(17)12(4)5;1-2/h8-9,11,13-15,17-18H,3,6-7,10,12,16H2,1-2,4-5H3,(H,34,38);12-13H,7-11H2,1-6H3,(H,16,17);2H,1H3. The van der Waals surface area contributed by atoms with Gasteiger partial charge in [-0.2, -0.15) is 0 Å². The fraction of sp³-hybridized carbons (Fsp3) is 0.500. The third-order valence-electron chi connectivity index (χ3n) is 11.7. The number of nitrogens with zero attached hydrogens (tertiary/aromatic N) is 3. The molecule has 2 aliphatic rings. The topological polar surface area (TPSA) is 124 Å². The van der Waals surface area contributed by atoms with Crippen LogP contribution in [0.1, 0.15) is 110 Å². The Kier molecular flexibility index (Phi) is 18.7. The number of amides is 3. The van der Waals surface area contributed by atoms with Gasteiger partial charge in [0.1, 0.15) is 11.4 Å². The van der Waals surface area contributed by atoms with E-state index < -0.39 is 11.8 Å². The highest BCUT2D eigenvalue weighted by Gasteiger charge is 2.31. The van der Waals surface area contributed by atoms with Gasteiger partial charge in [-0.15, -0.1) is 0 Å². The summed E-state index contributed by atoms with van der Waals surface area (Å²) in [6, 6.07) is 13.7. The van der Waals surface area contributed by atoms with Gasteiger partial charge >= 0.3 is 0 Å².